The van der Waals surface area contributed by atoms with Gasteiger partial charge in [-0.25, -0.2) is 4.39 Å². The van der Waals surface area contributed by atoms with Crippen molar-refractivity contribution in [3.05, 3.63) is 96.1 Å². The summed E-state index contributed by atoms with van der Waals surface area (Å²) in [5, 5.41) is 2.57. The molecule has 0 aliphatic rings. The number of hydrogen-bond acceptors (Lipinski definition) is 4. The minimum atomic E-state index is -0.564. The van der Waals surface area contributed by atoms with Crippen molar-refractivity contribution in [3.8, 4) is 11.5 Å². The second-order valence-electron chi connectivity index (χ2n) is 6.93. The van der Waals surface area contributed by atoms with Gasteiger partial charge in [-0.2, -0.15) is 0 Å². The lowest BCUT2D eigenvalue weighted by Gasteiger charge is -2.21. The summed E-state index contributed by atoms with van der Waals surface area (Å²) < 4.78 is 19.7. The van der Waals surface area contributed by atoms with Gasteiger partial charge in [0.2, 0.25) is 11.8 Å². The minimum Gasteiger partial charge on any atom is -0.453 e. The number of amides is 2. The summed E-state index contributed by atoms with van der Waals surface area (Å²) in [5.74, 6) is -0.701. The van der Waals surface area contributed by atoms with Gasteiger partial charge >= 0.3 is 0 Å². The van der Waals surface area contributed by atoms with Crippen molar-refractivity contribution in [2.24, 2.45) is 0 Å². The molecule has 0 spiro atoms. The first-order valence-electron chi connectivity index (χ1n) is 10.2. The van der Waals surface area contributed by atoms with E-state index in [2.05, 4.69) is 10.3 Å². The third kappa shape index (κ3) is 6.77. The highest BCUT2D eigenvalue weighted by Crippen LogP contribution is 2.24. The van der Waals surface area contributed by atoms with Gasteiger partial charge in [-0.1, -0.05) is 36.4 Å². The fourth-order valence-electron chi connectivity index (χ4n) is 2.92. The summed E-state index contributed by atoms with van der Waals surface area (Å²) in [4.78, 5) is 30.1. The Labute approximate surface area is 186 Å². The van der Waals surface area contributed by atoms with Crippen molar-refractivity contribution in [1.82, 2.24) is 15.2 Å². The van der Waals surface area contributed by atoms with Crippen molar-refractivity contribution in [3.63, 3.8) is 0 Å². The molecule has 0 saturated heterocycles. The molecule has 1 N–H and O–H groups in total. The van der Waals surface area contributed by atoms with Crippen LogP contribution in [0.2, 0.25) is 0 Å². The van der Waals surface area contributed by atoms with E-state index in [1.807, 2.05) is 37.3 Å². The van der Waals surface area contributed by atoms with Crippen LogP contribution < -0.4 is 10.1 Å². The van der Waals surface area contributed by atoms with Gasteiger partial charge in [0, 0.05) is 25.4 Å². The maximum atomic E-state index is 14.3. The first-order valence-corrected chi connectivity index (χ1v) is 10.2. The van der Waals surface area contributed by atoms with Crippen LogP contribution >= 0.6 is 0 Å². The van der Waals surface area contributed by atoms with Gasteiger partial charge in [0.25, 0.3) is 0 Å². The predicted molar refractivity (Wildman–Crippen MR) is 120 cm³/mol. The van der Waals surface area contributed by atoms with E-state index >= 15 is 0 Å². The molecule has 0 bridgehead atoms. The molecule has 2 aromatic carbocycles. The average Bonchev–Trinajstić information content (AvgIpc) is 2.82. The number of pyridine rings is 1. The van der Waals surface area contributed by atoms with E-state index in [0.717, 1.165) is 5.56 Å². The molecule has 0 aliphatic heterocycles. The van der Waals surface area contributed by atoms with E-state index in [1.54, 1.807) is 29.3 Å². The smallest absolute Gasteiger partial charge is 0.244 e. The molecule has 0 radical (unpaired) electrons. The third-order valence-corrected chi connectivity index (χ3v) is 4.61. The summed E-state index contributed by atoms with van der Waals surface area (Å²) >= 11 is 0. The number of nitrogens with one attached hydrogen (secondary N) is 1. The lowest BCUT2D eigenvalue weighted by atomic mass is 10.2. The summed E-state index contributed by atoms with van der Waals surface area (Å²) in [6, 6.07) is 17.4. The van der Waals surface area contributed by atoms with Crippen LogP contribution in [0.1, 0.15) is 18.1 Å². The number of ether oxygens (including phenoxy) is 1. The topological polar surface area (TPSA) is 71.5 Å². The fourth-order valence-corrected chi connectivity index (χ4v) is 2.92. The van der Waals surface area contributed by atoms with Crippen molar-refractivity contribution in [2.75, 3.05) is 13.1 Å². The number of nitrogens with zero attached hydrogens (tertiary/aromatic N) is 2. The largest absolute Gasteiger partial charge is 0.453 e. The molecule has 1 aromatic heterocycles. The van der Waals surface area contributed by atoms with Gasteiger partial charge in [0.15, 0.2) is 11.6 Å². The zero-order valence-corrected chi connectivity index (χ0v) is 17.7. The lowest BCUT2D eigenvalue weighted by molar-refractivity contribution is -0.132. The molecule has 32 heavy (non-hydrogen) atoms. The summed E-state index contributed by atoms with van der Waals surface area (Å²) in [6.07, 6.45) is 5.81. The second kappa shape index (κ2) is 11.4. The van der Waals surface area contributed by atoms with Crippen LogP contribution in [0.15, 0.2) is 79.1 Å². The molecule has 164 valence electrons. The molecule has 3 rings (SSSR count). The Morgan fingerprint density at radius 3 is 2.62 bits per heavy atom. The zero-order chi connectivity index (χ0) is 22.8. The zero-order valence-electron chi connectivity index (χ0n) is 17.7. The van der Waals surface area contributed by atoms with Crippen molar-refractivity contribution in [2.45, 2.75) is 13.5 Å². The van der Waals surface area contributed by atoms with E-state index in [-0.39, 0.29) is 18.2 Å². The predicted octanol–water partition coefficient (Wildman–Crippen LogP) is 4.19. The number of rotatable bonds is 9. The molecular formula is C25H24FN3O3. The van der Waals surface area contributed by atoms with Gasteiger partial charge < -0.3 is 15.0 Å². The SMILES string of the molecule is CCN(Cc1ccccc1)C(=O)CNC(=O)/C=C/c1ccc(Oc2cccnc2)c(F)c1. The molecule has 0 saturated carbocycles. The maximum absolute atomic E-state index is 14.3. The number of carbonyl (C=O) groups excluding carboxylic acids is 2. The summed E-state index contributed by atoms with van der Waals surface area (Å²) in [7, 11) is 0. The Morgan fingerprint density at radius 1 is 1.12 bits per heavy atom. The number of hydrogen-bond donors (Lipinski definition) is 1. The molecule has 3 aromatic rings. The van der Waals surface area contributed by atoms with E-state index in [1.165, 1.54) is 30.5 Å². The molecular weight excluding hydrogens is 409 g/mol. The highest BCUT2D eigenvalue weighted by atomic mass is 19.1. The number of likely N-dealkylation sites (N-methyl/N-ethyl adjacent to an activating group) is 1. The Morgan fingerprint density at radius 2 is 1.94 bits per heavy atom. The van der Waals surface area contributed by atoms with E-state index in [4.69, 9.17) is 4.74 Å². The van der Waals surface area contributed by atoms with Gasteiger partial charge in [0.1, 0.15) is 5.75 Å². The fraction of sp³-hybridized carbons (Fsp3) is 0.160. The van der Waals surface area contributed by atoms with Crippen LogP contribution in [0.4, 0.5) is 4.39 Å². The van der Waals surface area contributed by atoms with Crippen molar-refractivity contribution >= 4 is 17.9 Å². The molecule has 7 heteroatoms. The minimum absolute atomic E-state index is 0.0586. The average molecular weight is 433 g/mol. The lowest BCUT2D eigenvalue weighted by Crippen LogP contribution is -2.39. The maximum Gasteiger partial charge on any atom is 0.244 e. The molecule has 0 fully saturated rings. The Kier molecular flexibility index (Phi) is 8.09. The highest BCUT2D eigenvalue weighted by Gasteiger charge is 2.12. The van der Waals surface area contributed by atoms with Crippen LogP contribution in [0.5, 0.6) is 11.5 Å². The normalized spacial score (nSPS) is 10.7. The molecule has 6 nitrogen and oxygen atoms in total. The summed E-state index contributed by atoms with van der Waals surface area (Å²) in [5.41, 5.74) is 1.51. The van der Waals surface area contributed by atoms with Crippen LogP contribution in [0.25, 0.3) is 6.08 Å². The van der Waals surface area contributed by atoms with Crippen LogP contribution in [-0.2, 0) is 16.1 Å². The van der Waals surface area contributed by atoms with Crippen molar-refractivity contribution < 1.29 is 18.7 Å². The number of halogens is 1. The standard InChI is InChI=1S/C25H24FN3O3/c1-2-29(18-20-7-4-3-5-8-20)25(31)17-28-24(30)13-11-19-10-12-23(22(26)15-19)32-21-9-6-14-27-16-21/h3-16H,2,17-18H2,1H3,(H,28,30)/b13-11+. The van der Waals surface area contributed by atoms with Gasteiger partial charge in [-0.05, 0) is 48.4 Å². The van der Waals surface area contributed by atoms with E-state index < -0.39 is 11.7 Å². The van der Waals surface area contributed by atoms with Crippen molar-refractivity contribution in [1.29, 1.82) is 0 Å². The quantitative estimate of drug-likeness (QED) is 0.514. The van der Waals surface area contributed by atoms with Crippen LogP contribution in [0, 0.1) is 5.82 Å². The Bertz CT molecular complexity index is 1070. The van der Waals surface area contributed by atoms with E-state index in [0.29, 0.717) is 24.4 Å². The first kappa shape index (κ1) is 22.7. The van der Waals surface area contributed by atoms with E-state index in [9.17, 15) is 14.0 Å². The number of benzene rings is 2. The Hall–Kier alpha value is -4.00. The number of aromatic nitrogens is 1. The monoisotopic (exact) mass is 433 g/mol. The molecule has 2 amide bonds. The van der Waals surface area contributed by atoms with Gasteiger partial charge in [-0.15, -0.1) is 0 Å². The van der Waals surface area contributed by atoms with Crippen LogP contribution in [-0.4, -0.2) is 34.8 Å². The molecule has 0 atom stereocenters. The first-order chi connectivity index (χ1) is 15.5. The highest BCUT2D eigenvalue weighted by molar-refractivity contribution is 5.94. The van der Waals surface area contributed by atoms with Crippen LogP contribution in [0.3, 0.4) is 0 Å². The molecule has 0 aliphatic carbocycles. The molecule has 0 unspecified atom stereocenters. The third-order valence-electron chi connectivity index (χ3n) is 4.61. The number of carbonyl (C=O) groups is 2. The Balaban J connectivity index is 1.51. The van der Waals surface area contributed by atoms with Gasteiger partial charge in [-0.3, -0.25) is 14.6 Å². The van der Waals surface area contributed by atoms with Gasteiger partial charge in [0.05, 0.1) is 12.7 Å². The second-order valence-corrected chi connectivity index (χ2v) is 6.93. The summed E-state index contributed by atoms with van der Waals surface area (Å²) in [6.45, 7) is 2.79. The molecule has 1 heterocycles.